The van der Waals surface area contributed by atoms with Crippen LogP contribution >= 0.6 is 47.8 Å². The molecule has 3 nitrogen and oxygen atoms in total. The van der Waals surface area contributed by atoms with Gasteiger partial charge in [0, 0.05) is 36.3 Å². The first-order chi connectivity index (χ1) is 13.9. The number of benzene rings is 2. The summed E-state index contributed by atoms with van der Waals surface area (Å²) in [6.07, 6.45) is 4.31. The highest BCUT2D eigenvalue weighted by Crippen LogP contribution is 2.37. The molecule has 0 spiro atoms. The molecule has 0 radical (unpaired) electrons. The molecule has 0 aliphatic rings. The SMILES string of the molecule is CCCCN(CCCC)CC(O)Cn1c2ccc(Br)cc2c2cc(Br)cc(Br)c21. The first-order valence-corrected chi connectivity index (χ1v) is 12.8. The molecule has 0 aliphatic heterocycles. The summed E-state index contributed by atoms with van der Waals surface area (Å²) in [7, 11) is 0. The van der Waals surface area contributed by atoms with E-state index in [1.54, 1.807) is 0 Å². The number of aliphatic hydroxyl groups excluding tert-OH is 1. The predicted molar refractivity (Wildman–Crippen MR) is 135 cm³/mol. The van der Waals surface area contributed by atoms with Gasteiger partial charge >= 0.3 is 0 Å². The summed E-state index contributed by atoms with van der Waals surface area (Å²) in [5.74, 6) is 0. The van der Waals surface area contributed by atoms with E-state index in [9.17, 15) is 5.11 Å². The first-order valence-electron chi connectivity index (χ1n) is 10.4. The summed E-state index contributed by atoms with van der Waals surface area (Å²) >= 11 is 11.0. The topological polar surface area (TPSA) is 28.4 Å². The molecule has 158 valence electrons. The molecule has 29 heavy (non-hydrogen) atoms. The van der Waals surface area contributed by atoms with Crippen molar-refractivity contribution in [3.05, 3.63) is 43.7 Å². The van der Waals surface area contributed by atoms with Gasteiger partial charge < -0.3 is 14.6 Å². The van der Waals surface area contributed by atoms with Gasteiger partial charge in [0.15, 0.2) is 0 Å². The van der Waals surface area contributed by atoms with Gasteiger partial charge in [-0.2, -0.15) is 0 Å². The lowest BCUT2D eigenvalue weighted by atomic mass is 10.2. The Morgan fingerprint density at radius 2 is 1.59 bits per heavy atom. The number of fused-ring (bicyclic) bond motifs is 3. The molecule has 0 saturated carbocycles. The number of nitrogens with zero attached hydrogens (tertiary/aromatic N) is 2. The molecule has 1 atom stereocenters. The minimum absolute atomic E-state index is 0.415. The maximum atomic E-state index is 11.0. The predicted octanol–water partition coefficient (Wildman–Crippen LogP) is 7.35. The van der Waals surface area contributed by atoms with Crippen LogP contribution in [0.3, 0.4) is 0 Å². The third-order valence-corrected chi connectivity index (χ3v) is 6.91. The maximum Gasteiger partial charge on any atom is 0.0845 e. The van der Waals surface area contributed by atoms with Gasteiger partial charge in [-0.1, -0.05) is 58.5 Å². The van der Waals surface area contributed by atoms with Crippen molar-refractivity contribution in [2.24, 2.45) is 0 Å². The third-order valence-electron chi connectivity index (χ3n) is 5.36. The van der Waals surface area contributed by atoms with E-state index in [4.69, 9.17) is 0 Å². The van der Waals surface area contributed by atoms with Gasteiger partial charge in [0.05, 0.1) is 18.2 Å². The fourth-order valence-electron chi connectivity index (χ4n) is 3.94. The van der Waals surface area contributed by atoms with Crippen molar-refractivity contribution in [1.82, 2.24) is 9.47 Å². The monoisotopic (exact) mass is 586 g/mol. The molecular weight excluding hydrogens is 560 g/mol. The van der Waals surface area contributed by atoms with Gasteiger partial charge in [0.2, 0.25) is 0 Å². The van der Waals surface area contributed by atoms with Crippen LogP contribution < -0.4 is 0 Å². The van der Waals surface area contributed by atoms with Crippen molar-refractivity contribution < 1.29 is 5.11 Å². The quantitative estimate of drug-likeness (QED) is 0.268. The second-order valence-electron chi connectivity index (χ2n) is 7.72. The molecule has 2 aromatic carbocycles. The van der Waals surface area contributed by atoms with E-state index in [0.29, 0.717) is 13.1 Å². The third kappa shape index (κ3) is 5.65. The van der Waals surface area contributed by atoms with Crippen LogP contribution in [0.5, 0.6) is 0 Å². The van der Waals surface area contributed by atoms with Crippen molar-refractivity contribution in [1.29, 1.82) is 0 Å². The minimum atomic E-state index is -0.415. The van der Waals surface area contributed by atoms with Crippen LogP contribution in [0.4, 0.5) is 0 Å². The average Bonchev–Trinajstić information content (AvgIpc) is 2.96. The normalized spacial score (nSPS) is 13.1. The smallest absolute Gasteiger partial charge is 0.0845 e. The number of unbranched alkanes of at least 4 members (excludes halogenated alkanes) is 2. The Bertz CT molecular complexity index is 962. The summed E-state index contributed by atoms with van der Waals surface area (Å²) < 4.78 is 5.40. The Morgan fingerprint density at radius 3 is 2.24 bits per heavy atom. The number of hydrogen-bond donors (Lipinski definition) is 1. The fraction of sp³-hybridized carbons (Fsp3) is 0.478. The molecule has 1 unspecified atom stereocenters. The van der Waals surface area contributed by atoms with Crippen LogP contribution in [-0.2, 0) is 6.54 Å². The number of hydrogen-bond acceptors (Lipinski definition) is 2. The highest BCUT2D eigenvalue weighted by molar-refractivity contribution is 9.11. The van der Waals surface area contributed by atoms with Crippen LogP contribution in [0.1, 0.15) is 39.5 Å². The summed E-state index contributed by atoms with van der Waals surface area (Å²) in [5.41, 5.74) is 2.28. The molecule has 3 aromatic rings. The Morgan fingerprint density at radius 1 is 0.931 bits per heavy atom. The minimum Gasteiger partial charge on any atom is -0.390 e. The molecule has 6 heteroatoms. The van der Waals surface area contributed by atoms with E-state index in [1.807, 2.05) is 0 Å². The lowest BCUT2D eigenvalue weighted by Crippen LogP contribution is -2.36. The Hall–Kier alpha value is -0.400. The molecule has 0 aliphatic carbocycles. The number of halogens is 3. The zero-order valence-electron chi connectivity index (χ0n) is 17.1. The van der Waals surface area contributed by atoms with Crippen molar-refractivity contribution in [3.63, 3.8) is 0 Å². The van der Waals surface area contributed by atoms with Crippen LogP contribution in [0.2, 0.25) is 0 Å². The molecule has 1 heterocycles. The van der Waals surface area contributed by atoms with E-state index in [1.165, 1.54) is 36.5 Å². The highest BCUT2D eigenvalue weighted by atomic mass is 79.9. The average molecular weight is 589 g/mol. The molecule has 0 amide bonds. The fourth-order valence-corrected chi connectivity index (χ4v) is 5.74. The molecule has 3 rings (SSSR count). The van der Waals surface area contributed by atoms with E-state index in [-0.39, 0.29) is 0 Å². The second kappa shape index (κ2) is 10.8. The Balaban J connectivity index is 1.93. The maximum absolute atomic E-state index is 11.0. The van der Waals surface area contributed by atoms with Crippen molar-refractivity contribution in [3.8, 4) is 0 Å². The van der Waals surface area contributed by atoms with Gasteiger partial charge in [-0.3, -0.25) is 0 Å². The molecule has 1 N–H and O–H groups in total. The zero-order chi connectivity index (χ0) is 21.0. The van der Waals surface area contributed by atoms with Crippen molar-refractivity contribution in [2.75, 3.05) is 19.6 Å². The Labute approximate surface area is 198 Å². The van der Waals surface area contributed by atoms with E-state index in [2.05, 4.69) is 101 Å². The summed E-state index contributed by atoms with van der Waals surface area (Å²) in [4.78, 5) is 2.42. The van der Waals surface area contributed by atoms with Crippen molar-refractivity contribution >= 4 is 69.6 Å². The second-order valence-corrected chi connectivity index (χ2v) is 10.4. The van der Waals surface area contributed by atoms with Gasteiger partial charge in [-0.05, 0) is 72.2 Å². The van der Waals surface area contributed by atoms with Gasteiger partial charge in [0.25, 0.3) is 0 Å². The molecule has 0 bridgehead atoms. The largest absolute Gasteiger partial charge is 0.390 e. The van der Waals surface area contributed by atoms with Gasteiger partial charge in [-0.25, -0.2) is 0 Å². The van der Waals surface area contributed by atoms with Crippen LogP contribution in [-0.4, -0.2) is 40.3 Å². The molecule has 1 aromatic heterocycles. The lowest BCUT2D eigenvalue weighted by molar-refractivity contribution is 0.0982. The Kier molecular flexibility index (Phi) is 8.63. The summed E-state index contributed by atoms with van der Waals surface area (Å²) in [6, 6.07) is 10.6. The molecule has 0 saturated heterocycles. The summed E-state index contributed by atoms with van der Waals surface area (Å²) in [5, 5.41) is 13.4. The van der Waals surface area contributed by atoms with Crippen LogP contribution in [0.25, 0.3) is 21.8 Å². The number of aliphatic hydroxyl groups is 1. The summed E-state index contributed by atoms with van der Waals surface area (Å²) in [6.45, 7) is 7.86. The zero-order valence-corrected chi connectivity index (χ0v) is 21.9. The van der Waals surface area contributed by atoms with E-state index < -0.39 is 6.10 Å². The first kappa shape index (κ1) is 23.3. The van der Waals surface area contributed by atoms with E-state index >= 15 is 0 Å². The van der Waals surface area contributed by atoms with Crippen molar-refractivity contribution in [2.45, 2.75) is 52.2 Å². The highest BCUT2D eigenvalue weighted by Gasteiger charge is 2.18. The van der Waals surface area contributed by atoms with Crippen LogP contribution in [0, 0.1) is 0 Å². The van der Waals surface area contributed by atoms with E-state index in [0.717, 1.165) is 37.5 Å². The standard InChI is InChI=1S/C23H29Br3N2O/c1-3-5-9-27(10-6-4-2)14-18(29)15-28-22-8-7-16(24)11-19(22)20-12-17(25)13-21(26)23(20)28/h7-8,11-13,18,29H,3-6,9-10,14-15H2,1-2H3. The van der Waals surface area contributed by atoms with Gasteiger partial charge in [0.1, 0.15) is 0 Å². The lowest BCUT2D eigenvalue weighted by Gasteiger charge is -2.25. The van der Waals surface area contributed by atoms with Gasteiger partial charge in [-0.15, -0.1) is 0 Å². The van der Waals surface area contributed by atoms with Crippen LogP contribution in [0.15, 0.2) is 43.7 Å². The number of rotatable bonds is 10. The number of aromatic nitrogens is 1. The molecular formula is C23H29Br3N2O. The molecule has 0 fully saturated rings.